The minimum absolute atomic E-state index is 0.224. The van der Waals surface area contributed by atoms with Crippen LogP contribution in [-0.2, 0) is 9.53 Å². The van der Waals surface area contributed by atoms with E-state index in [4.69, 9.17) is 10.6 Å². The Morgan fingerprint density at radius 2 is 1.89 bits per heavy atom. The van der Waals surface area contributed by atoms with Crippen molar-refractivity contribution in [3.05, 3.63) is 0 Å². The standard InChI is InChI=1S/C11H21N3O3.C2H6/c1-11(2,3)17-10(16)14-6-4-5-8(7-14)9(15)13-12;1-2/h8H,4-7,12H2,1-3H3,(H,13,15);1-2H3. The number of likely N-dealkylation sites (tertiary alicyclic amines) is 1. The zero-order valence-electron chi connectivity index (χ0n) is 12.7. The molecule has 6 nitrogen and oxygen atoms in total. The number of ether oxygens (including phenoxy) is 1. The summed E-state index contributed by atoms with van der Waals surface area (Å²) in [5, 5.41) is 0. The Kier molecular flexibility index (Phi) is 7.44. The van der Waals surface area contributed by atoms with Crippen molar-refractivity contribution >= 4 is 12.0 Å². The van der Waals surface area contributed by atoms with Crippen molar-refractivity contribution in [3.63, 3.8) is 0 Å². The minimum atomic E-state index is -0.514. The van der Waals surface area contributed by atoms with E-state index in [9.17, 15) is 9.59 Å². The highest BCUT2D eigenvalue weighted by atomic mass is 16.6. The summed E-state index contributed by atoms with van der Waals surface area (Å²) < 4.78 is 5.26. The first kappa shape index (κ1) is 17.7. The van der Waals surface area contributed by atoms with Crippen LogP contribution in [0.5, 0.6) is 0 Å². The van der Waals surface area contributed by atoms with Crippen molar-refractivity contribution in [2.24, 2.45) is 11.8 Å². The summed E-state index contributed by atoms with van der Waals surface area (Å²) in [6.07, 6.45) is 1.17. The number of rotatable bonds is 1. The molecule has 2 amide bonds. The number of hydrazine groups is 1. The van der Waals surface area contributed by atoms with Gasteiger partial charge < -0.3 is 9.64 Å². The molecule has 0 aromatic rings. The number of nitrogens with two attached hydrogens (primary N) is 1. The molecule has 1 unspecified atom stereocenters. The van der Waals surface area contributed by atoms with Gasteiger partial charge >= 0.3 is 6.09 Å². The largest absolute Gasteiger partial charge is 0.444 e. The first-order valence-corrected chi connectivity index (χ1v) is 6.82. The minimum Gasteiger partial charge on any atom is -0.444 e. The van der Waals surface area contributed by atoms with Crippen LogP contribution < -0.4 is 11.3 Å². The summed E-state index contributed by atoms with van der Waals surface area (Å²) >= 11 is 0. The fourth-order valence-electron chi connectivity index (χ4n) is 1.80. The highest BCUT2D eigenvalue weighted by Gasteiger charge is 2.30. The molecule has 0 aromatic carbocycles. The molecule has 0 bridgehead atoms. The van der Waals surface area contributed by atoms with Gasteiger partial charge in [-0.25, -0.2) is 10.6 Å². The second-order valence-electron chi connectivity index (χ2n) is 5.27. The molecule has 112 valence electrons. The predicted molar refractivity (Wildman–Crippen MR) is 74.2 cm³/mol. The molecule has 1 fully saturated rings. The van der Waals surface area contributed by atoms with E-state index in [-0.39, 0.29) is 17.9 Å². The average Bonchev–Trinajstić information content (AvgIpc) is 2.38. The maximum absolute atomic E-state index is 11.8. The number of nitrogens with one attached hydrogen (secondary N) is 1. The lowest BCUT2D eigenvalue weighted by molar-refractivity contribution is -0.126. The van der Waals surface area contributed by atoms with Crippen LogP contribution in [0.3, 0.4) is 0 Å². The Morgan fingerprint density at radius 1 is 1.32 bits per heavy atom. The Balaban J connectivity index is 0.00000154. The molecule has 6 heteroatoms. The summed E-state index contributed by atoms with van der Waals surface area (Å²) in [4.78, 5) is 24.8. The average molecular weight is 273 g/mol. The highest BCUT2D eigenvalue weighted by molar-refractivity contribution is 5.79. The molecule has 0 aliphatic carbocycles. The zero-order chi connectivity index (χ0) is 15.1. The van der Waals surface area contributed by atoms with Crippen molar-refractivity contribution in [2.75, 3.05) is 13.1 Å². The van der Waals surface area contributed by atoms with Crippen molar-refractivity contribution in [1.29, 1.82) is 0 Å². The molecule has 19 heavy (non-hydrogen) atoms. The monoisotopic (exact) mass is 273 g/mol. The van der Waals surface area contributed by atoms with Gasteiger partial charge in [-0.05, 0) is 33.6 Å². The normalized spacial score (nSPS) is 19.1. The molecule has 3 N–H and O–H groups in total. The number of hydrogen-bond donors (Lipinski definition) is 2. The predicted octanol–water partition coefficient (Wildman–Crippen LogP) is 1.65. The first-order valence-electron chi connectivity index (χ1n) is 6.82. The molecule has 0 radical (unpaired) electrons. The van der Waals surface area contributed by atoms with Crippen LogP contribution in [0.15, 0.2) is 0 Å². The van der Waals surface area contributed by atoms with Gasteiger partial charge in [0.15, 0.2) is 0 Å². The van der Waals surface area contributed by atoms with Gasteiger partial charge in [0.2, 0.25) is 5.91 Å². The number of nitrogens with zero attached hydrogens (tertiary/aromatic N) is 1. The van der Waals surface area contributed by atoms with Gasteiger partial charge in [-0.2, -0.15) is 0 Å². The van der Waals surface area contributed by atoms with Gasteiger partial charge in [0.25, 0.3) is 0 Å². The number of piperidine rings is 1. The van der Waals surface area contributed by atoms with Crippen molar-refractivity contribution in [3.8, 4) is 0 Å². The van der Waals surface area contributed by atoms with E-state index < -0.39 is 5.60 Å². The van der Waals surface area contributed by atoms with Gasteiger partial charge in [0.1, 0.15) is 5.60 Å². The zero-order valence-corrected chi connectivity index (χ0v) is 12.7. The molecule has 0 spiro atoms. The van der Waals surface area contributed by atoms with Crippen LogP contribution in [0.25, 0.3) is 0 Å². The van der Waals surface area contributed by atoms with Crippen molar-refractivity contribution < 1.29 is 14.3 Å². The van der Waals surface area contributed by atoms with Crippen LogP contribution in [0.2, 0.25) is 0 Å². The molecular weight excluding hydrogens is 246 g/mol. The third-order valence-electron chi connectivity index (χ3n) is 2.59. The van der Waals surface area contributed by atoms with E-state index in [0.717, 1.165) is 12.8 Å². The lowest BCUT2D eigenvalue weighted by Gasteiger charge is -2.33. The van der Waals surface area contributed by atoms with Crippen LogP contribution in [0.1, 0.15) is 47.5 Å². The molecule has 0 saturated carbocycles. The van der Waals surface area contributed by atoms with Crippen LogP contribution >= 0.6 is 0 Å². The summed E-state index contributed by atoms with van der Waals surface area (Å²) in [6, 6.07) is 0. The number of carbonyl (C=O) groups excluding carboxylic acids is 2. The Bertz CT molecular complexity index is 300. The molecule has 0 aromatic heterocycles. The molecular formula is C13H27N3O3. The van der Waals surface area contributed by atoms with Gasteiger partial charge in [0, 0.05) is 13.1 Å². The Morgan fingerprint density at radius 3 is 2.37 bits per heavy atom. The molecule has 1 aliphatic rings. The lowest BCUT2D eigenvalue weighted by atomic mass is 9.98. The molecule has 1 saturated heterocycles. The van der Waals surface area contributed by atoms with Crippen molar-refractivity contribution in [2.45, 2.75) is 53.1 Å². The quantitative estimate of drug-likeness (QED) is 0.432. The summed E-state index contributed by atoms with van der Waals surface area (Å²) in [5.74, 6) is 4.63. The summed E-state index contributed by atoms with van der Waals surface area (Å²) in [7, 11) is 0. The molecule has 1 atom stereocenters. The van der Waals surface area contributed by atoms with Gasteiger partial charge in [0.05, 0.1) is 5.92 Å². The van der Waals surface area contributed by atoms with E-state index >= 15 is 0 Å². The second-order valence-corrected chi connectivity index (χ2v) is 5.27. The third kappa shape index (κ3) is 6.42. The SMILES string of the molecule is CC.CC(C)(C)OC(=O)N1CCCC(C(=O)NN)C1. The van der Waals surface area contributed by atoms with E-state index in [2.05, 4.69) is 5.43 Å². The molecule has 1 heterocycles. The second kappa shape index (κ2) is 7.99. The summed E-state index contributed by atoms with van der Waals surface area (Å²) in [6.45, 7) is 10.5. The first-order chi connectivity index (χ1) is 8.83. The van der Waals surface area contributed by atoms with E-state index in [1.807, 2.05) is 34.6 Å². The topological polar surface area (TPSA) is 84.7 Å². The van der Waals surface area contributed by atoms with Crippen molar-refractivity contribution in [1.82, 2.24) is 10.3 Å². The van der Waals surface area contributed by atoms with E-state index in [1.165, 1.54) is 0 Å². The maximum atomic E-state index is 11.8. The number of amides is 2. The van der Waals surface area contributed by atoms with Crippen LogP contribution in [-0.4, -0.2) is 35.6 Å². The van der Waals surface area contributed by atoms with Gasteiger partial charge in [-0.15, -0.1) is 0 Å². The number of hydrogen-bond acceptors (Lipinski definition) is 4. The van der Waals surface area contributed by atoms with Crippen LogP contribution in [0, 0.1) is 5.92 Å². The molecule has 1 aliphatic heterocycles. The van der Waals surface area contributed by atoms with E-state index in [0.29, 0.717) is 13.1 Å². The van der Waals surface area contributed by atoms with E-state index in [1.54, 1.807) is 4.90 Å². The fourth-order valence-corrected chi connectivity index (χ4v) is 1.80. The van der Waals surface area contributed by atoms with Crippen LogP contribution in [0.4, 0.5) is 4.79 Å². The fraction of sp³-hybridized carbons (Fsp3) is 0.846. The van der Waals surface area contributed by atoms with Gasteiger partial charge in [-0.3, -0.25) is 10.2 Å². The Hall–Kier alpha value is -1.30. The van der Waals surface area contributed by atoms with Gasteiger partial charge in [-0.1, -0.05) is 13.8 Å². The number of carbonyl (C=O) groups is 2. The smallest absolute Gasteiger partial charge is 0.410 e. The third-order valence-corrected chi connectivity index (χ3v) is 2.59. The Labute approximate surface area is 115 Å². The summed E-state index contributed by atoms with van der Waals surface area (Å²) in [5.41, 5.74) is 1.61. The molecule has 1 rings (SSSR count). The maximum Gasteiger partial charge on any atom is 0.410 e. The lowest BCUT2D eigenvalue weighted by Crippen LogP contribution is -2.48. The highest BCUT2D eigenvalue weighted by Crippen LogP contribution is 2.19.